The molecule has 182 valence electrons. The number of amides is 2. The number of nitrogens with one attached hydrogen (secondary N) is 2. The molecule has 2 amide bonds. The van der Waals surface area contributed by atoms with E-state index >= 15 is 0 Å². The number of nitrogens with zero attached hydrogens (tertiary/aromatic N) is 3. The van der Waals surface area contributed by atoms with Crippen molar-refractivity contribution in [2.24, 2.45) is 0 Å². The number of hydrogen-bond donors (Lipinski definition) is 2. The number of piperazine rings is 1. The van der Waals surface area contributed by atoms with Gasteiger partial charge in [0.15, 0.2) is 0 Å². The Morgan fingerprint density at radius 2 is 1.41 bits per heavy atom. The van der Waals surface area contributed by atoms with Crippen molar-refractivity contribution in [3.05, 3.63) is 63.7 Å². The lowest BCUT2D eigenvalue weighted by Gasteiger charge is -2.33. The highest BCUT2D eigenvalue weighted by molar-refractivity contribution is 5.94. The fourth-order valence-corrected chi connectivity index (χ4v) is 3.69. The number of carbonyl (C=O) groups excluding carboxylic acids is 2. The van der Waals surface area contributed by atoms with Gasteiger partial charge in [0.05, 0.1) is 40.5 Å². The van der Waals surface area contributed by atoms with Crippen molar-refractivity contribution < 1.29 is 27.7 Å². The normalized spacial score (nSPS) is 15.1. The van der Waals surface area contributed by atoms with Gasteiger partial charge in [-0.3, -0.25) is 29.5 Å². The summed E-state index contributed by atoms with van der Waals surface area (Å²) < 4.78 is 39.3. The molecule has 0 bridgehead atoms. The fourth-order valence-electron chi connectivity index (χ4n) is 3.69. The minimum absolute atomic E-state index is 0.0703. The van der Waals surface area contributed by atoms with Gasteiger partial charge in [0.1, 0.15) is 0 Å². The summed E-state index contributed by atoms with van der Waals surface area (Å²) in [6, 6.07) is 9.25. The highest BCUT2D eigenvalue weighted by atomic mass is 19.4. The van der Waals surface area contributed by atoms with Crippen LogP contribution in [0.1, 0.15) is 11.1 Å². The predicted octanol–water partition coefficient (Wildman–Crippen LogP) is 3.12. The molecule has 1 saturated heterocycles. The van der Waals surface area contributed by atoms with Crippen LogP contribution in [0.25, 0.3) is 0 Å². The molecule has 3 rings (SSSR count). The van der Waals surface area contributed by atoms with E-state index in [1.54, 1.807) is 17.9 Å². The van der Waals surface area contributed by atoms with Crippen LogP contribution in [0.15, 0.2) is 42.5 Å². The van der Waals surface area contributed by atoms with Gasteiger partial charge in [0.25, 0.3) is 5.69 Å². The summed E-state index contributed by atoms with van der Waals surface area (Å²) in [5, 5.41) is 16.1. The summed E-state index contributed by atoms with van der Waals surface area (Å²) in [6.07, 6.45) is -4.57. The Labute approximate surface area is 193 Å². The molecule has 9 nitrogen and oxygen atoms in total. The zero-order chi connectivity index (χ0) is 24.9. The number of halogens is 3. The molecule has 1 fully saturated rings. The van der Waals surface area contributed by atoms with Gasteiger partial charge in [-0.05, 0) is 25.1 Å². The minimum Gasteiger partial charge on any atom is -0.324 e. The highest BCUT2D eigenvalue weighted by Gasteiger charge is 2.33. The predicted molar refractivity (Wildman–Crippen MR) is 119 cm³/mol. The summed E-state index contributed by atoms with van der Waals surface area (Å²) in [5.74, 6) is -0.873. The number of anilines is 2. The van der Waals surface area contributed by atoms with Crippen LogP contribution in [0.2, 0.25) is 0 Å². The lowest BCUT2D eigenvalue weighted by Crippen LogP contribution is -2.50. The number of rotatable bonds is 7. The van der Waals surface area contributed by atoms with Gasteiger partial charge < -0.3 is 10.6 Å². The van der Waals surface area contributed by atoms with Gasteiger partial charge >= 0.3 is 6.18 Å². The molecule has 0 spiro atoms. The van der Waals surface area contributed by atoms with Crippen LogP contribution >= 0.6 is 0 Å². The van der Waals surface area contributed by atoms with Gasteiger partial charge in [0.2, 0.25) is 11.8 Å². The Kier molecular flexibility index (Phi) is 7.84. The number of nitro groups is 1. The SMILES string of the molecule is Cc1c(NC(=O)CN2CCN(CC(=O)Nc3ccccc3C(F)(F)F)CC2)cccc1[N+](=O)[O-]. The Morgan fingerprint density at radius 3 is 1.94 bits per heavy atom. The van der Waals surface area contributed by atoms with Crippen LogP contribution < -0.4 is 10.6 Å². The molecular weight excluding hydrogens is 455 g/mol. The molecule has 0 unspecified atom stereocenters. The number of benzene rings is 2. The van der Waals surface area contributed by atoms with Crippen molar-refractivity contribution in [1.29, 1.82) is 0 Å². The van der Waals surface area contributed by atoms with E-state index < -0.39 is 22.6 Å². The summed E-state index contributed by atoms with van der Waals surface area (Å²) in [6.45, 7) is 3.43. The molecule has 34 heavy (non-hydrogen) atoms. The maximum Gasteiger partial charge on any atom is 0.418 e. The first-order valence-corrected chi connectivity index (χ1v) is 10.5. The summed E-state index contributed by atoms with van der Waals surface area (Å²) in [4.78, 5) is 38.9. The van der Waals surface area contributed by atoms with Gasteiger partial charge in [0, 0.05) is 32.2 Å². The lowest BCUT2D eigenvalue weighted by molar-refractivity contribution is -0.385. The molecule has 0 saturated carbocycles. The van der Waals surface area contributed by atoms with Crippen LogP contribution in [0, 0.1) is 17.0 Å². The molecular formula is C22H24F3N5O4. The lowest BCUT2D eigenvalue weighted by atomic mass is 10.1. The van der Waals surface area contributed by atoms with Crippen LogP contribution in [0.4, 0.5) is 30.2 Å². The first kappa shape index (κ1) is 25.1. The fraction of sp³-hybridized carbons (Fsp3) is 0.364. The van der Waals surface area contributed by atoms with E-state index in [1.807, 2.05) is 4.90 Å². The number of hydrogen-bond acceptors (Lipinski definition) is 6. The quantitative estimate of drug-likeness (QED) is 0.467. The van der Waals surface area contributed by atoms with E-state index in [0.717, 1.165) is 6.07 Å². The van der Waals surface area contributed by atoms with E-state index in [9.17, 15) is 32.9 Å². The zero-order valence-electron chi connectivity index (χ0n) is 18.4. The Balaban J connectivity index is 1.47. The van der Waals surface area contributed by atoms with Crippen LogP contribution in [-0.4, -0.2) is 65.8 Å². The second-order valence-electron chi connectivity index (χ2n) is 7.90. The second kappa shape index (κ2) is 10.6. The molecule has 0 radical (unpaired) electrons. The molecule has 2 N–H and O–H groups in total. The first-order valence-electron chi connectivity index (χ1n) is 10.5. The van der Waals surface area contributed by atoms with Crippen molar-refractivity contribution in [1.82, 2.24) is 9.80 Å². The standard InChI is InChI=1S/C22H24F3N5O4/c1-15-17(7-4-8-19(15)30(33)34)26-20(31)13-28-9-11-29(12-10-28)14-21(32)27-18-6-3-2-5-16(18)22(23,24)25/h2-8H,9-14H2,1H3,(H,26,31)(H,27,32). The number of alkyl halides is 3. The van der Waals surface area contributed by atoms with Crippen LogP contribution in [0.5, 0.6) is 0 Å². The van der Waals surface area contributed by atoms with Crippen molar-refractivity contribution in [2.75, 3.05) is 49.9 Å². The topological polar surface area (TPSA) is 108 Å². The van der Waals surface area contributed by atoms with Gasteiger partial charge in [-0.15, -0.1) is 0 Å². The van der Waals surface area contributed by atoms with E-state index in [4.69, 9.17) is 0 Å². The monoisotopic (exact) mass is 479 g/mol. The molecule has 2 aromatic carbocycles. The number of carbonyl (C=O) groups is 2. The van der Waals surface area contributed by atoms with Crippen molar-refractivity contribution in [3.8, 4) is 0 Å². The number of nitro benzene ring substituents is 1. The van der Waals surface area contributed by atoms with Gasteiger partial charge in [-0.25, -0.2) is 0 Å². The third-order valence-electron chi connectivity index (χ3n) is 5.48. The van der Waals surface area contributed by atoms with E-state index in [1.165, 1.54) is 30.3 Å². The Morgan fingerprint density at radius 1 is 0.912 bits per heavy atom. The van der Waals surface area contributed by atoms with E-state index in [2.05, 4.69) is 10.6 Å². The summed E-state index contributed by atoms with van der Waals surface area (Å²) in [7, 11) is 0. The second-order valence-corrected chi connectivity index (χ2v) is 7.90. The molecule has 0 aliphatic carbocycles. The summed E-state index contributed by atoms with van der Waals surface area (Å²) in [5.41, 5.74) is -0.537. The van der Waals surface area contributed by atoms with Gasteiger partial charge in [-0.1, -0.05) is 18.2 Å². The molecule has 1 aliphatic heterocycles. The van der Waals surface area contributed by atoms with Crippen molar-refractivity contribution >= 4 is 28.9 Å². The van der Waals surface area contributed by atoms with Gasteiger partial charge in [-0.2, -0.15) is 13.2 Å². The largest absolute Gasteiger partial charge is 0.418 e. The maximum absolute atomic E-state index is 13.1. The summed E-state index contributed by atoms with van der Waals surface area (Å²) >= 11 is 0. The van der Waals surface area contributed by atoms with Crippen LogP contribution in [-0.2, 0) is 15.8 Å². The third-order valence-corrected chi connectivity index (χ3v) is 5.48. The molecule has 2 aromatic rings. The minimum atomic E-state index is -4.57. The van der Waals surface area contributed by atoms with E-state index in [-0.39, 0.29) is 30.4 Å². The molecule has 1 aliphatic rings. The van der Waals surface area contributed by atoms with Crippen molar-refractivity contribution in [3.63, 3.8) is 0 Å². The van der Waals surface area contributed by atoms with E-state index in [0.29, 0.717) is 37.4 Å². The third kappa shape index (κ3) is 6.51. The zero-order valence-corrected chi connectivity index (χ0v) is 18.4. The molecule has 0 aromatic heterocycles. The highest BCUT2D eigenvalue weighted by Crippen LogP contribution is 2.34. The average molecular weight is 479 g/mol. The average Bonchev–Trinajstić information content (AvgIpc) is 2.76. The molecule has 12 heteroatoms. The van der Waals surface area contributed by atoms with Crippen LogP contribution in [0.3, 0.4) is 0 Å². The Bertz CT molecular complexity index is 1070. The smallest absolute Gasteiger partial charge is 0.324 e. The Hall–Kier alpha value is -3.51. The molecule has 1 heterocycles. The maximum atomic E-state index is 13.1. The number of para-hydroxylation sites is 1. The first-order chi connectivity index (χ1) is 16.0. The van der Waals surface area contributed by atoms with Crippen molar-refractivity contribution in [2.45, 2.75) is 13.1 Å². The molecule has 0 atom stereocenters.